The van der Waals surface area contributed by atoms with Crippen LogP contribution in [0.5, 0.6) is 0 Å². The van der Waals surface area contributed by atoms with Crippen molar-refractivity contribution >= 4 is 10.8 Å². The number of nitrogens with one attached hydrogen (secondary N) is 1. The largest absolute Gasteiger partial charge is 0.316 e. The van der Waals surface area contributed by atoms with Crippen LogP contribution >= 0.6 is 0 Å². The SMILES string of the molecule is CCC(CS(=O)c1ccc(C)c(C)c1)NC. The average molecular weight is 239 g/mol. The summed E-state index contributed by atoms with van der Waals surface area (Å²) in [5, 5.41) is 3.19. The average Bonchev–Trinajstić information content (AvgIpc) is 2.29. The Morgan fingerprint density at radius 2 is 2.00 bits per heavy atom. The normalized spacial score (nSPS) is 14.8. The maximum Gasteiger partial charge on any atom is 0.0545 e. The van der Waals surface area contributed by atoms with Crippen LogP contribution in [0.2, 0.25) is 0 Å². The summed E-state index contributed by atoms with van der Waals surface area (Å²) >= 11 is 0. The predicted molar refractivity (Wildman–Crippen MR) is 70.3 cm³/mol. The second kappa shape index (κ2) is 6.16. The van der Waals surface area contributed by atoms with Crippen molar-refractivity contribution in [2.75, 3.05) is 12.8 Å². The van der Waals surface area contributed by atoms with Crippen LogP contribution in [0.4, 0.5) is 0 Å². The first-order valence-corrected chi connectivity index (χ1v) is 7.03. The van der Waals surface area contributed by atoms with Gasteiger partial charge in [0.05, 0.1) is 10.8 Å². The Labute approximate surface area is 101 Å². The first-order valence-electron chi connectivity index (χ1n) is 5.71. The van der Waals surface area contributed by atoms with Gasteiger partial charge >= 0.3 is 0 Å². The second-order valence-electron chi connectivity index (χ2n) is 4.15. The summed E-state index contributed by atoms with van der Waals surface area (Å²) in [7, 11) is 1.03. The third-order valence-corrected chi connectivity index (χ3v) is 4.48. The van der Waals surface area contributed by atoms with E-state index in [2.05, 4.69) is 26.1 Å². The standard InChI is InChI=1S/C13H21NOS/c1-5-12(14-4)9-16(15)13-7-6-10(2)11(3)8-13/h6-8,12,14H,5,9H2,1-4H3. The van der Waals surface area contributed by atoms with Gasteiger partial charge in [-0.05, 0) is 50.6 Å². The van der Waals surface area contributed by atoms with E-state index in [1.165, 1.54) is 11.1 Å². The van der Waals surface area contributed by atoms with Gasteiger partial charge in [0.25, 0.3) is 0 Å². The molecule has 16 heavy (non-hydrogen) atoms. The predicted octanol–water partition coefficient (Wildman–Crippen LogP) is 2.41. The van der Waals surface area contributed by atoms with Gasteiger partial charge in [-0.1, -0.05) is 13.0 Å². The molecule has 2 nitrogen and oxygen atoms in total. The van der Waals surface area contributed by atoms with Crippen LogP contribution < -0.4 is 5.32 Å². The van der Waals surface area contributed by atoms with Crippen LogP contribution in [0.1, 0.15) is 24.5 Å². The Hall–Kier alpha value is -0.670. The number of rotatable bonds is 5. The van der Waals surface area contributed by atoms with Gasteiger partial charge < -0.3 is 5.32 Å². The van der Waals surface area contributed by atoms with E-state index in [0.717, 1.165) is 11.3 Å². The second-order valence-corrected chi connectivity index (χ2v) is 5.65. The molecule has 0 aliphatic rings. The minimum absolute atomic E-state index is 0.336. The fourth-order valence-corrected chi connectivity index (χ4v) is 3.03. The van der Waals surface area contributed by atoms with Gasteiger partial charge in [-0.25, -0.2) is 0 Å². The Bertz CT molecular complexity index is 372. The van der Waals surface area contributed by atoms with Crippen LogP contribution in [0.25, 0.3) is 0 Å². The van der Waals surface area contributed by atoms with Crippen molar-refractivity contribution in [2.24, 2.45) is 0 Å². The molecule has 0 radical (unpaired) electrons. The molecule has 0 bridgehead atoms. The lowest BCUT2D eigenvalue weighted by Gasteiger charge is -2.13. The molecule has 0 saturated carbocycles. The topological polar surface area (TPSA) is 29.1 Å². The Balaban J connectivity index is 2.76. The Kier molecular flexibility index (Phi) is 5.16. The van der Waals surface area contributed by atoms with Crippen molar-refractivity contribution in [3.8, 4) is 0 Å². The highest BCUT2D eigenvalue weighted by Crippen LogP contribution is 2.14. The highest BCUT2D eigenvalue weighted by molar-refractivity contribution is 7.85. The summed E-state index contributed by atoms with van der Waals surface area (Å²) in [5.74, 6) is 0.690. The molecule has 1 aromatic carbocycles. The molecule has 0 aliphatic carbocycles. The molecule has 0 saturated heterocycles. The van der Waals surface area contributed by atoms with E-state index in [4.69, 9.17) is 0 Å². The molecule has 0 spiro atoms. The molecule has 1 rings (SSSR count). The molecular formula is C13H21NOS. The maximum absolute atomic E-state index is 12.1. The summed E-state index contributed by atoms with van der Waals surface area (Å²) < 4.78 is 12.1. The smallest absolute Gasteiger partial charge is 0.0545 e. The molecule has 1 N–H and O–H groups in total. The van der Waals surface area contributed by atoms with Gasteiger partial charge in [0, 0.05) is 16.7 Å². The molecule has 2 atom stereocenters. The van der Waals surface area contributed by atoms with Crippen molar-refractivity contribution in [3.63, 3.8) is 0 Å². The first-order chi connectivity index (χ1) is 7.58. The highest BCUT2D eigenvalue weighted by atomic mass is 32.2. The number of aryl methyl sites for hydroxylation is 2. The quantitative estimate of drug-likeness (QED) is 0.855. The fraction of sp³-hybridized carbons (Fsp3) is 0.538. The summed E-state index contributed by atoms with van der Waals surface area (Å²) in [6, 6.07) is 6.39. The minimum Gasteiger partial charge on any atom is -0.316 e. The van der Waals surface area contributed by atoms with Gasteiger partial charge in [0.15, 0.2) is 0 Å². The number of hydrogen-bond donors (Lipinski definition) is 1. The van der Waals surface area contributed by atoms with Crippen LogP contribution in [0.3, 0.4) is 0 Å². The number of benzene rings is 1. The molecule has 3 heteroatoms. The molecule has 1 aromatic rings. The van der Waals surface area contributed by atoms with Crippen LogP contribution in [0, 0.1) is 13.8 Å². The lowest BCUT2D eigenvalue weighted by Crippen LogP contribution is -2.30. The van der Waals surface area contributed by atoms with Crippen LogP contribution in [0.15, 0.2) is 23.1 Å². The zero-order valence-electron chi connectivity index (χ0n) is 10.5. The summed E-state index contributed by atoms with van der Waals surface area (Å²) in [6.45, 7) is 6.24. The van der Waals surface area contributed by atoms with Crippen molar-refractivity contribution in [2.45, 2.75) is 38.1 Å². The zero-order chi connectivity index (χ0) is 12.1. The molecular weight excluding hydrogens is 218 g/mol. The Morgan fingerprint density at radius 1 is 1.31 bits per heavy atom. The summed E-state index contributed by atoms with van der Waals surface area (Å²) in [5.41, 5.74) is 2.46. The van der Waals surface area contributed by atoms with E-state index in [0.29, 0.717) is 11.8 Å². The van der Waals surface area contributed by atoms with Gasteiger partial charge in [-0.15, -0.1) is 0 Å². The molecule has 2 unspecified atom stereocenters. The molecule has 0 fully saturated rings. The van der Waals surface area contributed by atoms with E-state index in [1.54, 1.807) is 0 Å². The van der Waals surface area contributed by atoms with E-state index in [-0.39, 0.29) is 0 Å². The maximum atomic E-state index is 12.1. The van der Waals surface area contributed by atoms with Gasteiger partial charge in [-0.2, -0.15) is 0 Å². The lowest BCUT2D eigenvalue weighted by atomic mass is 10.1. The highest BCUT2D eigenvalue weighted by Gasteiger charge is 2.11. The lowest BCUT2D eigenvalue weighted by molar-refractivity contribution is 0.590. The third kappa shape index (κ3) is 3.42. The van der Waals surface area contributed by atoms with Gasteiger partial charge in [-0.3, -0.25) is 4.21 Å². The van der Waals surface area contributed by atoms with E-state index in [9.17, 15) is 4.21 Å². The minimum atomic E-state index is -0.894. The number of hydrogen-bond acceptors (Lipinski definition) is 2. The molecule has 0 amide bonds. The van der Waals surface area contributed by atoms with Crippen LogP contribution in [-0.4, -0.2) is 23.1 Å². The third-order valence-electron chi connectivity index (χ3n) is 2.99. The fourth-order valence-electron chi connectivity index (χ4n) is 1.54. The van der Waals surface area contributed by atoms with Crippen LogP contribution in [-0.2, 0) is 10.8 Å². The van der Waals surface area contributed by atoms with Crippen molar-refractivity contribution in [1.29, 1.82) is 0 Å². The van der Waals surface area contributed by atoms with Crippen molar-refractivity contribution in [3.05, 3.63) is 29.3 Å². The zero-order valence-corrected chi connectivity index (χ0v) is 11.4. The van der Waals surface area contributed by atoms with E-state index < -0.39 is 10.8 Å². The van der Waals surface area contributed by atoms with Crippen molar-refractivity contribution in [1.82, 2.24) is 5.32 Å². The molecule has 0 aliphatic heterocycles. The van der Waals surface area contributed by atoms with E-state index >= 15 is 0 Å². The van der Waals surface area contributed by atoms with Crippen molar-refractivity contribution < 1.29 is 4.21 Å². The summed E-state index contributed by atoms with van der Waals surface area (Å²) in [4.78, 5) is 0.941. The van der Waals surface area contributed by atoms with Gasteiger partial charge in [0.2, 0.25) is 0 Å². The Morgan fingerprint density at radius 3 is 2.50 bits per heavy atom. The summed E-state index contributed by atoms with van der Waals surface area (Å²) in [6.07, 6.45) is 1.01. The van der Waals surface area contributed by atoms with Gasteiger partial charge in [0.1, 0.15) is 0 Å². The molecule has 0 heterocycles. The monoisotopic (exact) mass is 239 g/mol. The molecule has 0 aromatic heterocycles. The van der Waals surface area contributed by atoms with E-state index in [1.807, 2.05) is 25.2 Å². The first kappa shape index (κ1) is 13.4. The molecule has 90 valence electrons.